The number of carbonyl (C=O) groups excluding carboxylic acids is 1. The highest BCUT2D eigenvalue weighted by molar-refractivity contribution is 6.33. The number of carbonyl (C=O) groups is 1. The average Bonchev–Trinajstić information content (AvgIpc) is 2.79. The molecule has 1 amide bonds. The lowest BCUT2D eigenvalue weighted by molar-refractivity contribution is -0.116. The molecule has 0 saturated carbocycles. The van der Waals surface area contributed by atoms with Crippen LogP contribution in [0.5, 0.6) is 5.75 Å². The fourth-order valence-corrected chi connectivity index (χ4v) is 3.89. The number of guanidine groups is 1. The molecular weight excluding hydrogens is 414 g/mol. The lowest BCUT2D eigenvalue weighted by Crippen LogP contribution is -2.52. The number of nitrogens with zero attached hydrogens (tertiary/aromatic N) is 3. The number of halogens is 1. The molecule has 1 aliphatic rings. The van der Waals surface area contributed by atoms with Crippen molar-refractivity contribution >= 4 is 34.8 Å². The molecule has 166 valence electrons. The number of amides is 1. The van der Waals surface area contributed by atoms with Gasteiger partial charge in [0.25, 0.3) is 0 Å². The van der Waals surface area contributed by atoms with Crippen LogP contribution in [0.2, 0.25) is 5.02 Å². The predicted octanol–water partition coefficient (Wildman–Crippen LogP) is 3.38. The highest BCUT2D eigenvalue weighted by atomic mass is 35.5. The van der Waals surface area contributed by atoms with Gasteiger partial charge in [-0.1, -0.05) is 29.8 Å². The van der Waals surface area contributed by atoms with Gasteiger partial charge in [0.05, 0.1) is 23.5 Å². The summed E-state index contributed by atoms with van der Waals surface area (Å²) < 4.78 is 5.49. The van der Waals surface area contributed by atoms with Gasteiger partial charge in [-0.3, -0.25) is 9.79 Å². The van der Waals surface area contributed by atoms with Crippen molar-refractivity contribution in [3.05, 3.63) is 53.1 Å². The van der Waals surface area contributed by atoms with Crippen LogP contribution in [0, 0.1) is 6.92 Å². The Morgan fingerprint density at radius 1 is 1.16 bits per heavy atom. The van der Waals surface area contributed by atoms with E-state index in [0.29, 0.717) is 23.7 Å². The maximum absolute atomic E-state index is 12.3. The molecule has 7 nitrogen and oxygen atoms in total. The maximum atomic E-state index is 12.3. The summed E-state index contributed by atoms with van der Waals surface area (Å²) in [6.07, 6.45) is 0.324. The molecule has 1 saturated heterocycles. The minimum atomic E-state index is -0.0882. The smallest absolute Gasteiger partial charge is 0.226 e. The molecule has 1 aliphatic heterocycles. The second-order valence-electron chi connectivity index (χ2n) is 7.40. The summed E-state index contributed by atoms with van der Waals surface area (Å²) in [4.78, 5) is 21.2. The van der Waals surface area contributed by atoms with Gasteiger partial charge >= 0.3 is 0 Å². The SMILES string of the molecule is CN=C(NCCC(=O)Nc1ccc(C)cc1Cl)N1CCN(c2ccccc2OC)CC1. The quantitative estimate of drug-likeness (QED) is 0.529. The number of aryl methyl sites for hydroxylation is 1. The number of para-hydroxylation sites is 2. The van der Waals surface area contributed by atoms with E-state index in [4.69, 9.17) is 16.3 Å². The first-order chi connectivity index (χ1) is 15.0. The van der Waals surface area contributed by atoms with Crippen LogP contribution in [0.4, 0.5) is 11.4 Å². The molecule has 0 atom stereocenters. The number of aliphatic imine (C=N–C) groups is 1. The number of ether oxygens (including phenoxy) is 1. The summed E-state index contributed by atoms with van der Waals surface area (Å²) in [6, 6.07) is 13.7. The maximum Gasteiger partial charge on any atom is 0.226 e. The molecule has 2 aromatic carbocycles. The first kappa shape index (κ1) is 22.7. The van der Waals surface area contributed by atoms with Crippen LogP contribution in [-0.4, -0.2) is 63.6 Å². The molecule has 2 N–H and O–H groups in total. The van der Waals surface area contributed by atoms with E-state index in [9.17, 15) is 4.79 Å². The Kier molecular flexibility index (Phi) is 8.00. The summed E-state index contributed by atoms with van der Waals surface area (Å²) in [6.45, 7) is 5.87. The number of piperazine rings is 1. The highest BCUT2D eigenvalue weighted by Gasteiger charge is 2.21. The zero-order chi connectivity index (χ0) is 22.2. The molecular formula is C23H30ClN5O2. The molecule has 3 rings (SSSR count). The number of rotatable bonds is 6. The van der Waals surface area contributed by atoms with Crippen LogP contribution < -0.4 is 20.3 Å². The first-order valence-electron chi connectivity index (χ1n) is 10.4. The molecule has 0 bridgehead atoms. The average molecular weight is 444 g/mol. The van der Waals surface area contributed by atoms with Gasteiger partial charge in [0, 0.05) is 46.2 Å². The van der Waals surface area contributed by atoms with E-state index >= 15 is 0 Å². The van der Waals surface area contributed by atoms with Gasteiger partial charge in [-0.25, -0.2) is 0 Å². The summed E-state index contributed by atoms with van der Waals surface area (Å²) in [5.41, 5.74) is 2.80. The Bertz CT molecular complexity index is 926. The second-order valence-corrected chi connectivity index (χ2v) is 7.81. The van der Waals surface area contributed by atoms with E-state index in [1.54, 1.807) is 14.2 Å². The molecule has 8 heteroatoms. The van der Waals surface area contributed by atoms with Gasteiger partial charge in [-0.05, 0) is 36.8 Å². The van der Waals surface area contributed by atoms with Crippen LogP contribution in [0.15, 0.2) is 47.5 Å². The van der Waals surface area contributed by atoms with Crippen LogP contribution in [0.25, 0.3) is 0 Å². The van der Waals surface area contributed by atoms with E-state index in [2.05, 4.69) is 31.5 Å². The van der Waals surface area contributed by atoms with Gasteiger partial charge in [-0.15, -0.1) is 0 Å². The number of anilines is 2. The Hall–Kier alpha value is -2.93. The van der Waals surface area contributed by atoms with Gasteiger partial charge in [-0.2, -0.15) is 0 Å². The highest BCUT2D eigenvalue weighted by Crippen LogP contribution is 2.28. The Morgan fingerprint density at radius 3 is 2.58 bits per heavy atom. The molecule has 1 heterocycles. The third kappa shape index (κ3) is 6.04. The lowest BCUT2D eigenvalue weighted by Gasteiger charge is -2.38. The van der Waals surface area contributed by atoms with E-state index in [-0.39, 0.29) is 5.91 Å². The summed E-state index contributed by atoms with van der Waals surface area (Å²) in [7, 11) is 3.46. The monoisotopic (exact) mass is 443 g/mol. The number of methoxy groups -OCH3 is 1. The molecule has 0 aliphatic carbocycles. The van der Waals surface area contributed by atoms with Gasteiger partial charge in [0.2, 0.25) is 5.91 Å². The zero-order valence-corrected chi connectivity index (χ0v) is 19.1. The van der Waals surface area contributed by atoms with E-state index in [1.165, 1.54) is 0 Å². The minimum absolute atomic E-state index is 0.0882. The normalized spacial score (nSPS) is 14.4. The Morgan fingerprint density at radius 2 is 1.90 bits per heavy atom. The fourth-order valence-electron chi connectivity index (χ4n) is 3.60. The Labute approximate surface area is 189 Å². The number of hydrogen-bond acceptors (Lipinski definition) is 4. The van der Waals surface area contributed by atoms with Crippen LogP contribution in [0.1, 0.15) is 12.0 Å². The summed E-state index contributed by atoms with van der Waals surface area (Å²) >= 11 is 6.19. The summed E-state index contributed by atoms with van der Waals surface area (Å²) in [5.74, 6) is 1.61. The van der Waals surface area contributed by atoms with E-state index in [1.807, 2.05) is 43.3 Å². The van der Waals surface area contributed by atoms with Crippen molar-refractivity contribution in [1.29, 1.82) is 0 Å². The van der Waals surface area contributed by atoms with Crippen molar-refractivity contribution < 1.29 is 9.53 Å². The number of hydrogen-bond donors (Lipinski definition) is 2. The van der Waals surface area contributed by atoms with Gasteiger partial charge < -0.3 is 25.2 Å². The van der Waals surface area contributed by atoms with Gasteiger partial charge in [0.15, 0.2) is 5.96 Å². The van der Waals surface area contributed by atoms with Crippen LogP contribution >= 0.6 is 11.6 Å². The number of benzene rings is 2. The van der Waals surface area contributed by atoms with Gasteiger partial charge in [0.1, 0.15) is 5.75 Å². The minimum Gasteiger partial charge on any atom is -0.495 e. The fraction of sp³-hybridized carbons (Fsp3) is 0.391. The van der Waals surface area contributed by atoms with E-state index < -0.39 is 0 Å². The van der Waals surface area contributed by atoms with Crippen molar-refractivity contribution in [3.8, 4) is 5.75 Å². The number of nitrogens with one attached hydrogen (secondary N) is 2. The second kappa shape index (κ2) is 10.9. The van der Waals surface area contributed by atoms with Crippen molar-refractivity contribution in [1.82, 2.24) is 10.2 Å². The summed E-state index contributed by atoms with van der Waals surface area (Å²) in [5, 5.41) is 6.70. The standard InChI is InChI=1S/C23H30ClN5O2/c1-17-8-9-19(18(24)16-17)27-22(30)10-11-26-23(25-2)29-14-12-28(13-15-29)20-6-4-5-7-21(20)31-3/h4-9,16H,10-15H2,1-3H3,(H,25,26)(H,27,30). The first-order valence-corrected chi connectivity index (χ1v) is 10.8. The molecule has 0 radical (unpaired) electrons. The van der Waals surface area contributed by atoms with Crippen LogP contribution in [0.3, 0.4) is 0 Å². The molecule has 1 fully saturated rings. The zero-order valence-electron chi connectivity index (χ0n) is 18.3. The van der Waals surface area contributed by atoms with Crippen LogP contribution in [-0.2, 0) is 4.79 Å². The van der Waals surface area contributed by atoms with Crippen molar-refractivity contribution in [2.45, 2.75) is 13.3 Å². The molecule has 31 heavy (non-hydrogen) atoms. The molecule has 0 unspecified atom stereocenters. The van der Waals surface area contributed by atoms with Crippen molar-refractivity contribution in [2.75, 3.05) is 57.1 Å². The molecule has 2 aromatic rings. The van der Waals surface area contributed by atoms with Crippen molar-refractivity contribution in [2.24, 2.45) is 4.99 Å². The third-order valence-corrected chi connectivity index (χ3v) is 5.56. The predicted molar refractivity (Wildman–Crippen MR) is 128 cm³/mol. The lowest BCUT2D eigenvalue weighted by atomic mass is 10.2. The largest absolute Gasteiger partial charge is 0.495 e. The van der Waals surface area contributed by atoms with E-state index in [0.717, 1.165) is 49.1 Å². The van der Waals surface area contributed by atoms with Crippen molar-refractivity contribution in [3.63, 3.8) is 0 Å². The Balaban J connectivity index is 1.46. The molecule has 0 spiro atoms. The topological polar surface area (TPSA) is 69.2 Å². The molecule has 0 aromatic heterocycles. The third-order valence-electron chi connectivity index (χ3n) is 5.25.